The zero-order chi connectivity index (χ0) is 56.3. The molecule has 0 bridgehead atoms. The van der Waals surface area contributed by atoms with Crippen LogP contribution < -0.4 is 0 Å². The van der Waals surface area contributed by atoms with E-state index in [-0.39, 0.29) is 27.2 Å². The summed E-state index contributed by atoms with van der Waals surface area (Å²) < 4.78 is 237. The summed E-state index contributed by atoms with van der Waals surface area (Å²) in [6.45, 7) is 1.29. The van der Waals surface area contributed by atoms with Gasteiger partial charge in [0.25, 0.3) is 0 Å². The lowest BCUT2D eigenvalue weighted by Crippen LogP contribution is -2.03. The van der Waals surface area contributed by atoms with Crippen molar-refractivity contribution >= 4 is 59.9 Å². The third-order valence-corrected chi connectivity index (χ3v) is 8.52. The van der Waals surface area contributed by atoms with Gasteiger partial charge in [0.2, 0.25) is 0 Å². The van der Waals surface area contributed by atoms with E-state index < -0.39 is 235 Å². The van der Waals surface area contributed by atoms with Crippen molar-refractivity contribution < 1.29 is 35.6 Å². The molecule has 7 aromatic carbocycles. The molecule has 0 amide bonds. The van der Waals surface area contributed by atoms with E-state index in [0.29, 0.717) is 0 Å². The van der Waals surface area contributed by atoms with Gasteiger partial charge < -0.3 is 8.97 Å². The van der Waals surface area contributed by atoms with Crippen LogP contribution in [0, 0.1) is 6.92 Å². The third kappa shape index (κ3) is 4.00. The molecular formula is C46H29N5. The highest BCUT2D eigenvalue weighted by Gasteiger charge is 2.23. The Morgan fingerprint density at radius 1 is 0.451 bits per heavy atom. The molecule has 5 nitrogen and oxygen atoms in total. The van der Waals surface area contributed by atoms with Gasteiger partial charge in [-0.3, -0.25) is 0 Å². The standard InChI is InChI=1S/C46H29N5/c1-28-13-9-16-30(27-28)45-47-44(29-14-3-2-4-15-29)48-46(49-45)35-18-6-8-23-37(35)50-38-24-11-19-32-34-21-10-20-33-31-17-5-7-22-36(31)51(43(33)34)40-26-12-25-39(50)42(40)41(32)38/h2-27H,1H3/i2D,3D,4D,5D,6D,7D,8D,9D,10D,11D,12D,13D,14D,15D,16D,17D,18D,19D,20D,21D,22D,23D,24D,25D,26D,27D. The van der Waals surface area contributed by atoms with Crippen LogP contribution in [0.5, 0.6) is 0 Å². The first-order valence-corrected chi connectivity index (χ1v) is 15.2. The van der Waals surface area contributed by atoms with Gasteiger partial charge in [0.05, 0.1) is 68.9 Å². The molecule has 4 aromatic heterocycles. The second-order valence-corrected chi connectivity index (χ2v) is 11.3. The van der Waals surface area contributed by atoms with Crippen molar-refractivity contribution in [1.29, 1.82) is 0 Å². The molecular weight excluding hydrogens is 623 g/mol. The van der Waals surface area contributed by atoms with E-state index in [1.165, 1.54) is 6.92 Å². The van der Waals surface area contributed by atoms with E-state index in [0.717, 1.165) is 8.97 Å². The van der Waals surface area contributed by atoms with Gasteiger partial charge in [0.15, 0.2) is 17.5 Å². The van der Waals surface area contributed by atoms with Crippen LogP contribution in [0.4, 0.5) is 0 Å². The predicted molar refractivity (Wildman–Crippen MR) is 210 cm³/mol. The molecule has 0 unspecified atom stereocenters. The number of fused-ring (bicyclic) bond motifs is 5. The minimum atomic E-state index is -1.02. The second-order valence-electron chi connectivity index (χ2n) is 11.3. The van der Waals surface area contributed by atoms with Crippen molar-refractivity contribution in [3.05, 3.63) is 163 Å². The minimum absolute atomic E-state index is 0.156. The van der Waals surface area contributed by atoms with Gasteiger partial charge in [-0.15, -0.1) is 0 Å². The first kappa shape index (κ1) is 12.8. The number of benzene rings is 7. The Labute approximate surface area is 329 Å². The molecule has 11 rings (SSSR count). The highest BCUT2D eigenvalue weighted by molar-refractivity contribution is 6.31. The molecule has 0 saturated carbocycles. The Bertz CT molecular complexity index is 4510. The fraction of sp³-hybridized carbons (Fsp3) is 0.0217. The smallest absolute Gasteiger partial charge is 0.166 e. The molecule has 0 aliphatic rings. The lowest BCUT2D eigenvalue weighted by molar-refractivity contribution is 1.06. The highest BCUT2D eigenvalue weighted by atomic mass is 15.1. The quantitative estimate of drug-likeness (QED) is 0.186. The van der Waals surface area contributed by atoms with Crippen molar-refractivity contribution in [1.82, 2.24) is 23.9 Å². The summed E-state index contributed by atoms with van der Waals surface area (Å²) in [7, 11) is 0. The molecule has 0 fully saturated rings. The normalized spacial score (nSPS) is 19.2. The average molecular weight is 678 g/mol. The Balaban J connectivity index is 1.46. The topological polar surface area (TPSA) is 48.0 Å². The Morgan fingerprint density at radius 2 is 1.02 bits per heavy atom. The van der Waals surface area contributed by atoms with Crippen LogP contribution in [-0.4, -0.2) is 23.9 Å². The fourth-order valence-corrected chi connectivity index (χ4v) is 6.52. The fourth-order valence-electron chi connectivity index (χ4n) is 6.52. The zero-order valence-corrected chi connectivity index (χ0v) is 25.7. The Morgan fingerprint density at radius 3 is 1.90 bits per heavy atom. The molecule has 5 heteroatoms. The van der Waals surface area contributed by atoms with Gasteiger partial charge in [0, 0.05) is 43.6 Å². The Hall–Kier alpha value is -6.85. The van der Waals surface area contributed by atoms with Crippen molar-refractivity contribution in [2.45, 2.75) is 6.92 Å². The summed E-state index contributed by atoms with van der Waals surface area (Å²) in [5.41, 5.74) is -5.50. The first-order chi connectivity index (χ1) is 36.0. The average Bonchev–Trinajstić information content (AvgIpc) is 4.14. The van der Waals surface area contributed by atoms with Crippen molar-refractivity contribution in [2.24, 2.45) is 0 Å². The molecule has 0 aliphatic carbocycles. The van der Waals surface area contributed by atoms with Gasteiger partial charge in [-0.2, -0.15) is 0 Å². The zero-order valence-electron chi connectivity index (χ0n) is 51.7. The number of nitrogens with zero attached hydrogens (tertiary/aromatic N) is 5. The molecule has 0 atom stereocenters. The van der Waals surface area contributed by atoms with Gasteiger partial charge in [-0.1, -0.05) is 120 Å². The molecule has 0 aliphatic heterocycles. The number of rotatable bonds is 4. The van der Waals surface area contributed by atoms with Crippen LogP contribution in [0.25, 0.3) is 99.8 Å². The van der Waals surface area contributed by atoms with Gasteiger partial charge >= 0.3 is 0 Å². The molecule has 0 spiro atoms. The third-order valence-electron chi connectivity index (χ3n) is 8.52. The van der Waals surface area contributed by atoms with Gasteiger partial charge in [-0.25, -0.2) is 15.0 Å². The second kappa shape index (κ2) is 10.6. The van der Waals surface area contributed by atoms with E-state index in [2.05, 4.69) is 15.0 Å². The van der Waals surface area contributed by atoms with Gasteiger partial charge in [0.1, 0.15) is 0 Å². The summed E-state index contributed by atoms with van der Waals surface area (Å²) in [6.07, 6.45) is 0. The largest absolute Gasteiger partial charge is 0.308 e. The van der Waals surface area contributed by atoms with Crippen molar-refractivity contribution in [2.75, 3.05) is 0 Å². The maximum absolute atomic E-state index is 9.68. The number of hydrogen-bond acceptors (Lipinski definition) is 3. The van der Waals surface area contributed by atoms with Crippen molar-refractivity contribution in [3.63, 3.8) is 0 Å². The summed E-state index contributed by atoms with van der Waals surface area (Å²) >= 11 is 0. The molecule has 51 heavy (non-hydrogen) atoms. The molecule has 4 heterocycles. The SMILES string of the molecule is [2H]c1c([2H])c([2H])c(-c2nc(-c3c([2H])c([2H])c([2H])c(C)c3[2H])nc(-c3c([2H])c([2H])c([2H])c([2H])c3-n3c4c([2H])c([2H])c([2H])c5c6c([2H])c([2H])c([2H])c7c8c([2H])c([2H])c([2H])c([2H])c8n(c8c([2H])c([2H])c([2H])c3c8c54)c67)n2)c([2H])c1[2H]. The summed E-state index contributed by atoms with van der Waals surface area (Å²) in [4.78, 5) is 13.3. The van der Waals surface area contributed by atoms with Crippen LogP contribution in [-0.2, 0) is 0 Å². The molecule has 0 N–H and O–H groups in total. The van der Waals surface area contributed by atoms with E-state index in [1.807, 2.05) is 0 Å². The Kier molecular flexibility index (Phi) is 2.65. The van der Waals surface area contributed by atoms with Crippen LogP contribution in [0.2, 0.25) is 0 Å². The van der Waals surface area contributed by atoms with Crippen LogP contribution in [0.3, 0.4) is 0 Å². The maximum atomic E-state index is 9.68. The molecule has 238 valence electrons. The predicted octanol–water partition coefficient (Wildman–Crippen LogP) is 11.4. The van der Waals surface area contributed by atoms with Crippen LogP contribution in [0.1, 0.15) is 41.2 Å². The van der Waals surface area contributed by atoms with Gasteiger partial charge in [-0.05, 0) is 54.6 Å². The maximum Gasteiger partial charge on any atom is 0.166 e. The summed E-state index contributed by atoms with van der Waals surface area (Å²) in [5, 5.41) is -2.42. The van der Waals surface area contributed by atoms with Crippen LogP contribution in [0.15, 0.2) is 157 Å². The lowest BCUT2D eigenvalue weighted by atomic mass is 10.0. The summed E-state index contributed by atoms with van der Waals surface area (Å²) in [6, 6.07) is -21.7. The molecule has 0 radical (unpaired) electrons. The highest BCUT2D eigenvalue weighted by Crippen LogP contribution is 2.44. The minimum Gasteiger partial charge on any atom is -0.308 e. The van der Waals surface area contributed by atoms with E-state index >= 15 is 0 Å². The van der Waals surface area contributed by atoms with E-state index in [4.69, 9.17) is 21.9 Å². The number of aromatic nitrogens is 5. The van der Waals surface area contributed by atoms with E-state index in [1.54, 1.807) is 0 Å². The lowest BCUT2D eigenvalue weighted by Gasteiger charge is -2.15. The number of hydrogen-bond donors (Lipinski definition) is 0. The summed E-state index contributed by atoms with van der Waals surface area (Å²) in [5.74, 6) is -2.40. The first-order valence-electron chi connectivity index (χ1n) is 28.2. The van der Waals surface area contributed by atoms with E-state index in [9.17, 15) is 13.7 Å². The molecule has 11 aromatic rings. The monoisotopic (exact) mass is 677 g/mol. The van der Waals surface area contributed by atoms with Crippen molar-refractivity contribution in [3.8, 4) is 39.9 Å². The molecule has 0 saturated heterocycles. The van der Waals surface area contributed by atoms with Crippen LogP contribution >= 0.6 is 0 Å². The number of para-hydroxylation sites is 3.